The molecule has 0 spiro atoms. The van der Waals surface area contributed by atoms with Gasteiger partial charge in [0, 0.05) is 12.5 Å². The Morgan fingerprint density at radius 1 is 1.25 bits per heavy atom. The van der Waals surface area contributed by atoms with Crippen molar-refractivity contribution in [3.05, 3.63) is 10.6 Å². The van der Waals surface area contributed by atoms with Crippen LogP contribution in [0.15, 0.2) is 0 Å². The molecule has 0 saturated carbocycles. The fourth-order valence-corrected chi connectivity index (χ4v) is 2.44. The van der Waals surface area contributed by atoms with E-state index in [1.54, 1.807) is 0 Å². The van der Waals surface area contributed by atoms with Crippen molar-refractivity contribution in [1.29, 1.82) is 0 Å². The van der Waals surface area contributed by atoms with Crippen molar-refractivity contribution < 1.29 is 0 Å². The van der Waals surface area contributed by atoms with Gasteiger partial charge in [0.05, 0.1) is 0 Å². The van der Waals surface area contributed by atoms with Crippen LogP contribution in [0.3, 0.4) is 0 Å². The second-order valence-electron chi connectivity index (χ2n) is 4.25. The molecule has 1 heterocycles. The lowest BCUT2D eigenvalue weighted by molar-refractivity contribution is 0.402. The molecule has 1 aromatic rings. The van der Waals surface area contributed by atoms with Gasteiger partial charge in [0.2, 0.25) is 0 Å². The molecular formula is C12H23N3S. The quantitative estimate of drug-likeness (QED) is 0.731. The molecule has 92 valence electrons. The summed E-state index contributed by atoms with van der Waals surface area (Å²) in [6, 6.07) is 0.533. The predicted octanol–water partition coefficient (Wildman–Crippen LogP) is 4.03. The minimum Gasteiger partial charge on any atom is -0.301 e. The third-order valence-electron chi connectivity index (χ3n) is 2.97. The molecule has 1 atom stereocenters. The average Bonchev–Trinajstić information content (AvgIpc) is 2.66. The van der Waals surface area contributed by atoms with E-state index in [0.29, 0.717) is 6.04 Å². The van der Waals surface area contributed by atoms with Crippen LogP contribution in [0.25, 0.3) is 0 Å². The van der Waals surface area contributed by atoms with E-state index >= 15 is 0 Å². The van der Waals surface area contributed by atoms with Crippen LogP contribution >= 0.6 is 12.2 Å². The van der Waals surface area contributed by atoms with Gasteiger partial charge in [0.15, 0.2) is 4.77 Å². The van der Waals surface area contributed by atoms with Crippen LogP contribution in [0.4, 0.5) is 0 Å². The Labute approximate surface area is 103 Å². The number of nitrogens with zero attached hydrogens (tertiary/aromatic N) is 2. The molecule has 0 aliphatic rings. The van der Waals surface area contributed by atoms with E-state index in [4.69, 9.17) is 12.2 Å². The Kier molecular flexibility index (Phi) is 5.74. The molecule has 0 radical (unpaired) electrons. The predicted molar refractivity (Wildman–Crippen MR) is 70.3 cm³/mol. The SMILES string of the molecule is CCCCC(CCC)n1c(CC)n[nH]c1=S. The molecular weight excluding hydrogens is 218 g/mol. The maximum absolute atomic E-state index is 5.32. The van der Waals surface area contributed by atoms with Gasteiger partial charge in [-0.3, -0.25) is 5.10 Å². The van der Waals surface area contributed by atoms with Gasteiger partial charge < -0.3 is 4.57 Å². The molecule has 1 aromatic heterocycles. The van der Waals surface area contributed by atoms with Crippen molar-refractivity contribution >= 4 is 12.2 Å². The molecule has 3 nitrogen and oxygen atoms in total. The van der Waals surface area contributed by atoms with E-state index in [1.807, 2.05) is 0 Å². The zero-order valence-corrected chi connectivity index (χ0v) is 11.4. The molecule has 0 saturated heterocycles. The van der Waals surface area contributed by atoms with Crippen molar-refractivity contribution in [3.63, 3.8) is 0 Å². The second-order valence-corrected chi connectivity index (χ2v) is 4.64. The Morgan fingerprint density at radius 3 is 2.56 bits per heavy atom. The molecule has 0 amide bonds. The highest BCUT2D eigenvalue weighted by molar-refractivity contribution is 7.71. The second kappa shape index (κ2) is 6.84. The van der Waals surface area contributed by atoms with E-state index in [1.165, 1.54) is 32.1 Å². The molecule has 0 aliphatic heterocycles. The van der Waals surface area contributed by atoms with Gasteiger partial charge >= 0.3 is 0 Å². The largest absolute Gasteiger partial charge is 0.301 e. The van der Waals surface area contributed by atoms with Gasteiger partial charge in [-0.1, -0.05) is 40.0 Å². The summed E-state index contributed by atoms with van der Waals surface area (Å²) in [5, 5.41) is 7.21. The summed E-state index contributed by atoms with van der Waals surface area (Å²) in [6.07, 6.45) is 7.06. The number of unbranched alkanes of at least 4 members (excludes halogenated alkanes) is 1. The van der Waals surface area contributed by atoms with Gasteiger partial charge in [-0.05, 0) is 25.1 Å². The maximum atomic E-state index is 5.32. The number of hydrogen-bond donors (Lipinski definition) is 1. The van der Waals surface area contributed by atoms with Crippen molar-refractivity contribution in [2.45, 2.75) is 65.3 Å². The smallest absolute Gasteiger partial charge is 0.195 e. The average molecular weight is 241 g/mol. The zero-order chi connectivity index (χ0) is 12.0. The van der Waals surface area contributed by atoms with E-state index < -0.39 is 0 Å². The zero-order valence-electron chi connectivity index (χ0n) is 10.6. The monoisotopic (exact) mass is 241 g/mol. The molecule has 0 bridgehead atoms. The highest BCUT2D eigenvalue weighted by atomic mass is 32.1. The van der Waals surface area contributed by atoms with Gasteiger partial charge in [0.1, 0.15) is 5.82 Å². The van der Waals surface area contributed by atoms with Crippen LogP contribution in [0, 0.1) is 4.77 Å². The number of aromatic nitrogens is 3. The minimum absolute atomic E-state index is 0.533. The molecule has 0 aromatic carbocycles. The number of nitrogens with one attached hydrogen (secondary N) is 1. The van der Waals surface area contributed by atoms with E-state index in [0.717, 1.165) is 17.0 Å². The summed E-state index contributed by atoms with van der Waals surface area (Å²) in [6.45, 7) is 6.59. The first-order chi connectivity index (χ1) is 7.74. The number of aromatic amines is 1. The molecule has 4 heteroatoms. The third kappa shape index (κ3) is 3.17. The molecule has 0 aliphatic carbocycles. The maximum Gasteiger partial charge on any atom is 0.195 e. The Morgan fingerprint density at radius 2 is 2.00 bits per heavy atom. The Hall–Kier alpha value is -0.640. The highest BCUT2D eigenvalue weighted by Gasteiger charge is 2.14. The first kappa shape index (κ1) is 13.4. The minimum atomic E-state index is 0.533. The van der Waals surface area contributed by atoms with E-state index in [9.17, 15) is 0 Å². The van der Waals surface area contributed by atoms with Crippen LogP contribution in [0.2, 0.25) is 0 Å². The molecule has 1 rings (SSSR count). The number of hydrogen-bond acceptors (Lipinski definition) is 2. The van der Waals surface area contributed by atoms with Crippen LogP contribution < -0.4 is 0 Å². The lowest BCUT2D eigenvalue weighted by Crippen LogP contribution is -2.12. The summed E-state index contributed by atoms with van der Waals surface area (Å²) in [4.78, 5) is 0. The van der Waals surface area contributed by atoms with Crippen molar-refractivity contribution in [3.8, 4) is 0 Å². The van der Waals surface area contributed by atoms with Gasteiger partial charge in [-0.15, -0.1) is 0 Å². The summed E-state index contributed by atoms with van der Waals surface area (Å²) in [5.74, 6) is 1.10. The number of rotatable bonds is 7. The third-order valence-corrected chi connectivity index (χ3v) is 3.26. The summed E-state index contributed by atoms with van der Waals surface area (Å²) in [5.41, 5.74) is 0. The molecule has 16 heavy (non-hydrogen) atoms. The van der Waals surface area contributed by atoms with Crippen LogP contribution in [-0.2, 0) is 6.42 Å². The van der Waals surface area contributed by atoms with E-state index in [-0.39, 0.29) is 0 Å². The fourth-order valence-electron chi connectivity index (χ4n) is 2.14. The summed E-state index contributed by atoms with van der Waals surface area (Å²) >= 11 is 5.32. The summed E-state index contributed by atoms with van der Waals surface area (Å²) in [7, 11) is 0. The summed E-state index contributed by atoms with van der Waals surface area (Å²) < 4.78 is 3.01. The Bertz CT molecular complexity index is 353. The van der Waals surface area contributed by atoms with E-state index in [2.05, 4.69) is 35.5 Å². The number of aryl methyl sites for hydroxylation is 1. The van der Waals surface area contributed by atoms with Gasteiger partial charge in [-0.25, -0.2) is 0 Å². The first-order valence-electron chi connectivity index (χ1n) is 6.40. The lowest BCUT2D eigenvalue weighted by atomic mass is 10.0. The van der Waals surface area contributed by atoms with Gasteiger partial charge in [-0.2, -0.15) is 5.10 Å². The molecule has 0 fully saturated rings. The van der Waals surface area contributed by atoms with Gasteiger partial charge in [0.25, 0.3) is 0 Å². The number of H-pyrrole nitrogens is 1. The molecule has 1 N–H and O–H groups in total. The highest BCUT2D eigenvalue weighted by Crippen LogP contribution is 2.22. The fraction of sp³-hybridized carbons (Fsp3) is 0.833. The van der Waals surface area contributed by atoms with Crippen molar-refractivity contribution in [2.75, 3.05) is 0 Å². The first-order valence-corrected chi connectivity index (χ1v) is 6.81. The van der Waals surface area contributed by atoms with Crippen molar-refractivity contribution in [1.82, 2.24) is 14.8 Å². The van der Waals surface area contributed by atoms with Crippen molar-refractivity contribution in [2.24, 2.45) is 0 Å². The molecule has 1 unspecified atom stereocenters. The topological polar surface area (TPSA) is 33.6 Å². The van der Waals surface area contributed by atoms with Crippen LogP contribution in [0.5, 0.6) is 0 Å². The normalized spacial score (nSPS) is 12.9. The van der Waals surface area contributed by atoms with Crippen LogP contribution in [-0.4, -0.2) is 14.8 Å². The lowest BCUT2D eigenvalue weighted by Gasteiger charge is -2.19. The standard InChI is InChI=1S/C12H23N3S/c1-4-7-9-10(8-5-2)15-11(6-3)13-14-12(15)16/h10H,4-9H2,1-3H3,(H,14,16). The Balaban J connectivity index is 2.89. The van der Waals surface area contributed by atoms with Crippen LogP contribution in [0.1, 0.15) is 64.7 Å².